The number of nitrogens with zero attached hydrogens (tertiary/aromatic N) is 4. The number of nitriles is 2. The fourth-order valence-electron chi connectivity index (χ4n) is 0.822. The molecule has 0 aliphatic heterocycles. The van der Waals surface area contributed by atoms with Crippen molar-refractivity contribution >= 4 is 17.3 Å². The van der Waals surface area contributed by atoms with E-state index in [4.69, 9.17) is 22.1 Å². The van der Waals surface area contributed by atoms with Gasteiger partial charge < -0.3 is 0 Å². The molecule has 0 saturated heterocycles. The van der Waals surface area contributed by atoms with Crippen LogP contribution in [0.15, 0.2) is 34.5 Å². The van der Waals surface area contributed by atoms with E-state index < -0.39 is 5.92 Å². The van der Waals surface area contributed by atoms with Gasteiger partial charge in [-0.1, -0.05) is 11.6 Å². The van der Waals surface area contributed by atoms with Crippen LogP contribution in [0.3, 0.4) is 0 Å². The predicted octanol–water partition coefficient (Wildman–Crippen LogP) is 3.09. The summed E-state index contributed by atoms with van der Waals surface area (Å²) >= 11 is 5.68. The van der Waals surface area contributed by atoms with E-state index in [2.05, 4.69) is 10.2 Å². The SMILES string of the molecule is N#CC(C#N)CN=Nc1ccc(Cl)cc1. The average Bonchev–Trinajstić information content (AvgIpc) is 2.27. The van der Waals surface area contributed by atoms with Crippen LogP contribution in [-0.4, -0.2) is 6.54 Å². The molecule has 0 radical (unpaired) electrons. The van der Waals surface area contributed by atoms with Crippen LogP contribution >= 0.6 is 11.6 Å². The molecule has 0 aliphatic carbocycles. The zero-order chi connectivity index (χ0) is 11.1. The molecular weight excluding hydrogens is 212 g/mol. The monoisotopic (exact) mass is 218 g/mol. The third kappa shape index (κ3) is 3.76. The van der Waals surface area contributed by atoms with E-state index in [0.29, 0.717) is 10.7 Å². The molecule has 0 atom stereocenters. The normalized spacial score (nSPS) is 10.1. The second kappa shape index (κ2) is 5.74. The molecule has 0 N–H and O–H groups in total. The maximum absolute atomic E-state index is 8.47. The molecule has 1 aromatic carbocycles. The highest BCUT2D eigenvalue weighted by molar-refractivity contribution is 6.30. The highest BCUT2D eigenvalue weighted by Gasteiger charge is 2.02. The molecule has 1 rings (SSSR count). The van der Waals surface area contributed by atoms with Gasteiger partial charge in [-0.3, -0.25) is 0 Å². The molecule has 1 aromatic rings. The highest BCUT2D eigenvalue weighted by atomic mass is 35.5. The Morgan fingerprint density at radius 2 is 1.80 bits per heavy atom. The molecule has 0 aromatic heterocycles. The fraction of sp³-hybridized carbons (Fsp3) is 0.200. The first-order valence-corrected chi connectivity index (χ1v) is 4.56. The first-order chi connectivity index (χ1) is 7.26. The Morgan fingerprint density at radius 1 is 1.20 bits per heavy atom. The van der Waals surface area contributed by atoms with Crippen LogP contribution in [0.5, 0.6) is 0 Å². The van der Waals surface area contributed by atoms with Crippen LogP contribution in [0, 0.1) is 28.6 Å². The number of azo groups is 1. The second-order valence-corrected chi connectivity index (χ2v) is 3.15. The number of halogens is 1. The molecule has 0 fully saturated rings. The highest BCUT2D eigenvalue weighted by Crippen LogP contribution is 2.16. The van der Waals surface area contributed by atoms with E-state index in [1.165, 1.54) is 0 Å². The van der Waals surface area contributed by atoms with Crippen molar-refractivity contribution in [3.8, 4) is 12.1 Å². The van der Waals surface area contributed by atoms with Crippen molar-refractivity contribution in [2.24, 2.45) is 16.1 Å². The molecule has 4 nitrogen and oxygen atoms in total. The van der Waals surface area contributed by atoms with E-state index >= 15 is 0 Å². The van der Waals surface area contributed by atoms with Crippen molar-refractivity contribution in [1.82, 2.24) is 0 Å². The molecule has 0 heterocycles. The zero-order valence-electron chi connectivity index (χ0n) is 7.76. The Morgan fingerprint density at radius 3 is 2.33 bits per heavy atom. The topological polar surface area (TPSA) is 72.3 Å². The standard InChI is InChI=1S/C10H7ClN4/c11-9-1-3-10(4-2-9)15-14-7-8(5-12)6-13/h1-4,8H,7H2. The number of rotatable bonds is 3. The Kier molecular flexibility index (Phi) is 4.28. The van der Waals surface area contributed by atoms with Crippen molar-refractivity contribution in [2.45, 2.75) is 0 Å². The lowest BCUT2D eigenvalue weighted by Crippen LogP contribution is -1.95. The predicted molar refractivity (Wildman–Crippen MR) is 55.6 cm³/mol. The average molecular weight is 219 g/mol. The molecule has 0 unspecified atom stereocenters. The van der Waals surface area contributed by atoms with Gasteiger partial charge in [-0.25, -0.2) is 0 Å². The smallest absolute Gasteiger partial charge is 0.154 e. The summed E-state index contributed by atoms with van der Waals surface area (Å²) in [5.41, 5.74) is 0.647. The Labute approximate surface area is 92.4 Å². The van der Waals surface area contributed by atoms with Gasteiger partial charge in [-0.2, -0.15) is 20.8 Å². The van der Waals surface area contributed by atoms with Gasteiger partial charge in [0.15, 0.2) is 5.92 Å². The third-order valence-electron chi connectivity index (χ3n) is 1.59. The number of hydrogen-bond acceptors (Lipinski definition) is 4. The summed E-state index contributed by atoms with van der Waals surface area (Å²) < 4.78 is 0. The van der Waals surface area contributed by atoms with E-state index in [1.54, 1.807) is 24.3 Å². The number of hydrogen-bond donors (Lipinski definition) is 0. The molecule has 0 bridgehead atoms. The Bertz CT molecular complexity index is 410. The minimum absolute atomic E-state index is 0.0929. The minimum Gasteiger partial charge on any atom is -0.197 e. The van der Waals surface area contributed by atoms with E-state index in [0.717, 1.165) is 0 Å². The Balaban J connectivity index is 2.56. The van der Waals surface area contributed by atoms with Crippen molar-refractivity contribution in [2.75, 3.05) is 6.54 Å². The van der Waals surface area contributed by atoms with Crippen LogP contribution in [0.2, 0.25) is 5.02 Å². The van der Waals surface area contributed by atoms with E-state index in [-0.39, 0.29) is 6.54 Å². The molecular formula is C10H7ClN4. The third-order valence-corrected chi connectivity index (χ3v) is 1.84. The van der Waals surface area contributed by atoms with Crippen LogP contribution in [0.25, 0.3) is 0 Å². The fourth-order valence-corrected chi connectivity index (χ4v) is 0.948. The van der Waals surface area contributed by atoms with Crippen LogP contribution < -0.4 is 0 Å². The maximum atomic E-state index is 8.47. The maximum Gasteiger partial charge on any atom is 0.154 e. The van der Waals surface area contributed by atoms with Crippen molar-refractivity contribution in [3.05, 3.63) is 29.3 Å². The summed E-state index contributed by atoms with van der Waals surface area (Å²) in [7, 11) is 0. The van der Waals surface area contributed by atoms with Gasteiger partial charge in [0.05, 0.1) is 24.4 Å². The van der Waals surface area contributed by atoms with E-state index in [1.807, 2.05) is 12.1 Å². The summed E-state index contributed by atoms with van der Waals surface area (Å²) in [6.07, 6.45) is 0. The van der Waals surface area contributed by atoms with Gasteiger partial charge in [0.1, 0.15) is 0 Å². The van der Waals surface area contributed by atoms with Gasteiger partial charge in [-0.15, -0.1) is 0 Å². The van der Waals surface area contributed by atoms with Gasteiger partial charge in [0.25, 0.3) is 0 Å². The second-order valence-electron chi connectivity index (χ2n) is 2.71. The first-order valence-electron chi connectivity index (χ1n) is 4.18. The molecule has 15 heavy (non-hydrogen) atoms. The molecule has 0 saturated carbocycles. The van der Waals surface area contributed by atoms with E-state index in [9.17, 15) is 0 Å². The molecule has 0 spiro atoms. The lowest BCUT2D eigenvalue weighted by Gasteiger charge is -1.93. The zero-order valence-corrected chi connectivity index (χ0v) is 8.52. The Hall–Kier alpha value is -1.91. The van der Waals surface area contributed by atoms with Gasteiger partial charge in [0, 0.05) is 5.02 Å². The largest absolute Gasteiger partial charge is 0.197 e. The lowest BCUT2D eigenvalue weighted by molar-refractivity contribution is 0.809. The summed E-state index contributed by atoms with van der Waals surface area (Å²) in [6, 6.07) is 10.4. The van der Waals surface area contributed by atoms with Crippen molar-refractivity contribution < 1.29 is 0 Å². The van der Waals surface area contributed by atoms with Crippen molar-refractivity contribution in [1.29, 1.82) is 10.5 Å². The molecule has 74 valence electrons. The molecule has 0 amide bonds. The first kappa shape index (κ1) is 11.2. The van der Waals surface area contributed by atoms with Crippen LogP contribution in [-0.2, 0) is 0 Å². The molecule has 5 heteroatoms. The van der Waals surface area contributed by atoms with Crippen LogP contribution in [0.4, 0.5) is 5.69 Å². The molecule has 0 aliphatic rings. The summed E-state index contributed by atoms with van der Waals surface area (Å²) in [5, 5.41) is 25.2. The number of benzene rings is 1. The van der Waals surface area contributed by atoms with Gasteiger partial charge in [0.2, 0.25) is 0 Å². The lowest BCUT2D eigenvalue weighted by atomic mass is 10.2. The van der Waals surface area contributed by atoms with Crippen molar-refractivity contribution in [3.63, 3.8) is 0 Å². The van der Waals surface area contributed by atoms with Crippen LogP contribution in [0.1, 0.15) is 0 Å². The summed E-state index contributed by atoms with van der Waals surface area (Å²) in [4.78, 5) is 0. The summed E-state index contributed by atoms with van der Waals surface area (Å²) in [5.74, 6) is -0.735. The summed E-state index contributed by atoms with van der Waals surface area (Å²) in [6.45, 7) is 0.0929. The van der Waals surface area contributed by atoms with Gasteiger partial charge in [-0.05, 0) is 24.3 Å². The quantitative estimate of drug-likeness (QED) is 0.732. The van der Waals surface area contributed by atoms with Gasteiger partial charge >= 0.3 is 0 Å². The minimum atomic E-state index is -0.735.